The highest BCUT2D eigenvalue weighted by Crippen LogP contribution is 2.21. The molecule has 1 atom stereocenters. The van der Waals surface area contributed by atoms with E-state index in [1.807, 2.05) is 0 Å². The molecule has 0 aliphatic carbocycles. The number of likely N-dealkylation sites (N-methyl/N-ethyl adjacent to an activating group) is 1. The van der Waals surface area contributed by atoms with Crippen molar-refractivity contribution < 1.29 is 26.4 Å². The lowest BCUT2D eigenvalue weighted by Gasteiger charge is -2.23. The number of amides is 1. The third-order valence-corrected chi connectivity index (χ3v) is 7.55. The minimum atomic E-state index is -3.86. The maximum absolute atomic E-state index is 12.4. The fraction of sp³-hybridized carbons (Fsp3) is 0.533. The zero-order valence-corrected chi connectivity index (χ0v) is 16.0. The average molecular weight is 390 g/mol. The Balaban J connectivity index is 2.03. The number of methoxy groups -OCH3 is 1. The van der Waals surface area contributed by atoms with Gasteiger partial charge in [-0.05, 0) is 37.1 Å². The summed E-state index contributed by atoms with van der Waals surface area (Å²) in [5.74, 6) is 0.0255. The lowest BCUT2D eigenvalue weighted by atomic mass is 10.2. The van der Waals surface area contributed by atoms with Crippen LogP contribution in [0.4, 0.5) is 0 Å². The van der Waals surface area contributed by atoms with E-state index in [0.717, 1.165) is 0 Å². The van der Waals surface area contributed by atoms with Gasteiger partial charge in [0.25, 0.3) is 0 Å². The second-order valence-electron chi connectivity index (χ2n) is 6.02. The third-order valence-electron chi connectivity index (χ3n) is 4.23. The van der Waals surface area contributed by atoms with E-state index in [2.05, 4.69) is 4.72 Å². The van der Waals surface area contributed by atoms with E-state index in [1.54, 1.807) is 13.0 Å². The van der Waals surface area contributed by atoms with Gasteiger partial charge in [-0.25, -0.2) is 21.6 Å². The molecule has 0 saturated carbocycles. The minimum Gasteiger partial charge on any atom is -0.497 e. The molecule has 25 heavy (non-hydrogen) atoms. The smallest absolute Gasteiger partial charge is 0.241 e. The quantitative estimate of drug-likeness (QED) is 0.728. The molecule has 0 radical (unpaired) electrons. The first-order valence-corrected chi connectivity index (χ1v) is 11.0. The summed E-state index contributed by atoms with van der Waals surface area (Å²) in [6.45, 7) is 1.20. The molecule has 1 N–H and O–H groups in total. The van der Waals surface area contributed by atoms with Gasteiger partial charge in [0.1, 0.15) is 5.75 Å². The van der Waals surface area contributed by atoms with E-state index >= 15 is 0 Å². The van der Waals surface area contributed by atoms with Crippen molar-refractivity contribution in [2.45, 2.75) is 24.3 Å². The van der Waals surface area contributed by atoms with E-state index in [4.69, 9.17) is 4.74 Å². The normalized spacial score (nSPS) is 19.6. The zero-order chi connectivity index (χ0) is 18.8. The predicted octanol–water partition coefficient (Wildman–Crippen LogP) is -0.0726. The standard InChI is InChI=1S/C15H22N2O6S2/c1-11-8-13(23-3)4-5-14(11)25(21,22)16-9-15(18)17(2)12-6-7-24(19,20)10-12/h4-5,8,12,16H,6-7,9-10H2,1-3H3. The number of nitrogens with zero attached hydrogens (tertiary/aromatic N) is 1. The van der Waals surface area contributed by atoms with Gasteiger partial charge >= 0.3 is 0 Å². The van der Waals surface area contributed by atoms with Crippen molar-refractivity contribution in [1.82, 2.24) is 9.62 Å². The molecule has 1 saturated heterocycles. The summed E-state index contributed by atoms with van der Waals surface area (Å²) in [4.78, 5) is 13.6. The maximum Gasteiger partial charge on any atom is 0.241 e. The molecule has 1 aliphatic rings. The molecule has 1 amide bonds. The van der Waals surface area contributed by atoms with Crippen LogP contribution in [0.15, 0.2) is 23.1 Å². The van der Waals surface area contributed by atoms with Gasteiger partial charge in [0.05, 0.1) is 30.1 Å². The Kier molecular flexibility index (Phi) is 5.75. The number of hydrogen-bond donors (Lipinski definition) is 1. The fourth-order valence-corrected chi connectivity index (χ4v) is 5.67. The van der Waals surface area contributed by atoms with Crippen molar-refractivity contribution >= 4 is 25.8 Å². The zero-order valence-electron chi connectivity index (χ0n) is 14.4. The highest BCUT2D eigenvalue weighted by atomic mass is 32.2. The highest BCUT2D eigenvalue weighted by Gasteiger charge is 2.33. The Bertz CT molecular complexity index is 864. The molecule has 1 heterocycles. The number of rotatable bonds is 6. The van der Waals surface area contributed by atoms with Crippen LogP contribution in [0.3, 0.4) is 0 Å². The largest absolute Gasteiger partial charge is 0.497 e. The number of hydrogen-bond acceptors (Lipinski definition) is 6. The number of carbonyl (C=O) groups excluding carboxylic acids is 1. The van der Waals surface area contributed by atoms with E-state index < -0.39 is 38.4 Å². The van der Waals surface area contributed by atoms with Gasteiger partial charge in [-0.15, -0.1) is 0 Å². The van der Waals surface area contributed by atoms with Gasteiger partial charge < -0.3 is 9.64 Å². The summed E-state index contributed by atoms with van der Waals surface area (Å²) >= 11 is 0. The topological polar surface area (TPSA) is 110 Å². The van der Waals surface area contributed by atoms with Gasteiger partial charge in [0.2, 0.25) is 15.9 Å². The lowest BCUT2D eigenvalue weighted by Crippen LogP contribution is -2.43. The Morgan fingerprint density at radius 3 is 2.60 bits per heavy atom. The predicted molar refractivity (Wildman–Crippen MR) is 92.7 cm³/mol. The summed E-state index contributed by atoms with van der Waals surface area (Å²) in [7, 11) is -4.01. The molecule has 2 rings (SSSR count). The Morgan fingerprint density at radius 1 is 1.40 bits per heavy atom. The van der Waals surface area contributed by atoms with Crippen LogP contribution in [0.2, 0.25) is 0 Å². The third kappa shape index (κ3) is 4.71. The van der Waals surface area contributed by atoms with Crippen LogP contribution in [0, 0.1) is 6.92 Å². The van der Waals surface area contributed by atoms with Crippen molar-refractivity contribution in [3.8, 4) is 5.75 Å². The first kappa shape index (κ1) is 19.7. The number of benzene rings is 1. The van der Waals surface area contributed by atoms with Crippen molar-refractivity contribution in [1.29, 1.82) is 0 Å². The first-order chi connectivity index (χ1) is 11.6. The maximum atomic E-state index is 12.4. The number of sulfonamides is 1. The molecule has 0 bridgehead atoms. The molecule has 0 aromatic heterocycles. The summed E-state index contributed by atoms with van der Waals surface area (Å²) in [6, 6.07) is 4.11. The molecular weight excluding hydrogens is 368 g/mol. The minimum absolute atomic E-state index is 0.0477. The molecule has 1 aromatic carbocycles. The molecular formula is C15H22N2O6S2. The summed E-state index contributed by atoms with van der Waals surface area (Å²) in [6.07, 6.45) is 0.370. The van der Waals surface area contributed by atoms with Gasteiger partial charge in [0.15, 0.2) is 9.84 Å². The van der Waals surface area contributed by atoms with Gasteiger partial charge in [-0.1, -0.05) is 0 Å². The molecule has 1 fully saturated rings. The van der Waals surface area contributed by atoms with Gasteiger partial charge in [0, 0.05) is 13.1 Å². The van der Waals surface area contributed by atoms with Crippen LogP contribution in [-0.2, 0) is 24.7 Å². The number of ether oxygens (including phenoxy) is 1. The Hall–Kier alpha value is -1.65. The lowest BCUT2D eigenvalue weighted by molar-refractivity contribution is -0.130. The summed E-state index contributed by atoms with van der Waals surface area (Å²) in [5.41, 5.74) is 0.495. The van der Waals surface area contributed by atoms with Crippen LogP contribution in [0.1, 0.15) is 12.0 Å². The van der Waals surface area contributed by atoms with Gasteiger partial charge in [-0.2, -0.15) is 0 Å². The second kappa shape index (κ2) is 7.30. The first-order valence-electron chi connectivity index (χ1n) is 7.66. The number of aryl methyl sites for hydroxylation is 1. The van der Waals surface area contributed by atoms with Crippen LogP contribution >= 0.6 is 0 Å². The van der Waals surface area contributed by atoms with Crippen molar-refractivity contribution in [3.05, 3.63) is 23.8 Å². The molecule has 10 heteroatoms. The number of carbonyl (C=O) groups is 1. The highest BCUT2D eigenvalue weighted by molar-refractivity contribution is 7.91. The van der Waals surface area contributed by atoms with Crippen LogP contribution in [-0.4, -0.2) is 65.9 Å². The molecule has 1 aromatic rings. The number of sulfone groups is 1. The van der Waals surface area contributed by atoms with Crippen molar-refractivity contribution in [2.24, 2.45) is 0 Å². The van der Waals surface area contributed by atoms with E-state index in [9.17, 15) is 21.6 Å². The average Bonchev–Trinajstić information content (AvgIpc) is 2.91. The van der Waals surface area contributed by atoms with Crippen molar-refractivity contribution in [2.75, 3.05) is 32.2 Å². The van der Waals surface area contributed by atoms with Gasteiger partial charge in [-0.3, -0.25) is 4.79 Å². The van der Waals surface area contributed by atoms with Crippen LogP contribution in [0.25, 0.3) is 0 Å². The SMILES string of the molecule is COc1ccc(S(=O)(=O)NCC(=O)N(C)C2CCS(=O)(=O)C2)c(C)c1. The van der Waals surface area contributed by atoms with Crippen LogP contribution in [0.5, 0.6) is 5.75 Å². The number of nitrogens with one attached hydrogen (secondary N) is 1. The molecule has 140 valence electrons. The van der Waals surface area contributed by atoms with E-state index in [1.165, 1.54) is 31.2 Å². The Labute approximate surface area is 148 Å². The monoisotopic (exact) mass is 390 g/mol. The van der Waals surface area contributed by atoms with Crippen LogP contribution < -0.4 is 9.46 Å². The van der Waals surface area contributed by atoms with Crippen molar-refractivity contribution in [3.63, 3.8) is 0 Å². The molecule has 0 spiro atoms. The molecule has 1 aliphatic heterocycles. The van der Waals surface area contributed by atoms with E-state index in [0.29, 0.717) is 17.7 Å². The second-order valence-corrected chi connectivity index (χ2v) is 9.98. The summed E-state index contributed by atoms with van der Waals surface area (Å²) < 4.78 is 55.1. The Morgan fingerprint density at radius 2 is 2.08 bits per heavy atom. The van der Waals surface area contributed by atoms with E-state index in [-0.39, 0.29) is 16.4 Å². The fourth-order valence-electron chi connectivity index (χ4n) is 2.69. The molecule has 1 unspecified atom stereocenters. The summed E-state index contributed by atoms with van der Waals surface area (Å²) in [5, 5.41) is 0. The molecule has 8 nitrogen and oxygen atoms in total.